The van der Waals surface area contributed by atoms with Gasteiger partial charge in [-0.1, -0.05) is 0 Å². The molecular formula is C12H15NO4S. The topological polar surface area (TPSA) is 75.6 Å². The number of anilines is 1. The number of carbonyl (C=O) groups excluding carboxylic acids is 1. The predicted molar refractivity (Wildman–Crippen MR) is 69.9 cm³/mol. The van der Waals surface area contributed by atoms with Gasteiger partial charge in [-0.3, -0.25) is 9.59 Å². The Hall–Kier alpha value is -1.53. The number of rotatable bonds is 6. The van der Waals surface area contributed by atoms with E-state index in [9.17, 15) is 9.59 Å². The van der Waals surface area contributed by atoms with Crippen LogP contribution in [0.15, 0.2) is 29.2 Å². The summed E-state index contributed by atoms with van der Waals surface area (Å²) in [4.78, 5) is 22.6. The number of hydrogen-bond acceptors (Lipinski definition) is 4. The maximum Gasteiger partial charge on any atom is 0.319 e. The Labute approximate surface area is 110 Å². The van der Waals surface area contributed by atoms with Gasteiger partial charge in [0.1, 0.15) is 5.25 Å². The molecule has 5 nitrogen and oxygen atoms in total. The number of carboxylic acid groups (broad SMARTS) is 1. The first-order chi connectivity index (χ1) is 8.52. The second-order valence-corrected chi connectivity index (χ2v) is 4.88. The molecule has 1 unspecified atom stereocenters. The first-order valence-electron chi connectivity index (χ1n) is 5.29. The van der Waals surface area contributed by atoms with Crippen molar-refractivity contribution in [2.24, 2.45) is 0 Å². The van der Waals surface area contributed by atoms with Crippen molar-refractivity contribution in [1.29, 1.82) is 0 Å². The van der Waals surface area contributed by atoms with Gasteiger partial charge in [-0.05, 0) is 24.3 Å². The number of carboxylic acids is 1. The molecule has 1 amide bonds. The number of ether oxygens (including phenoxy) is 1. The van der Waals surface area contributed by atoms with E-state index >= 15 is 0 Å². The lowest BCUT2D eigenvalue weighted by molar-refractivity contribution is -0.137. The highest BCUT2D eigenvalue weighted by atomic mass is 32.2. The highest BCUT2D eigenvalue weighted by Crippen LogP contribution is 2.25. The van der Waals surface area contributed by atoms with Gasteiger partial charge in [0.25, 0.3) is 0 Å². The van der Waals surface area contributed by atoms with Crippen molar-refractivity contribution < 1.29 is 19.4 Å². The number of aliphatic carboxylic acids is 1. The minimum absolute atomic E-state index is 0.141. The average Bonchev–Trinajstić information content (AvgIpc) is 2.30. The van der Waals surface area contributed by atoms with Crippen LogP contribution < -0.4 is 5.32 Å². The van der Waals surface area contributed by atoms with Crippen molar-refractivity contribution in [1.82, 2.24) is 0 Å². The first-order valence-corrected chi connectivity index (χ1v) is 6.17. The van der Waals surface area contributed by atoms with E-state index in [4.69, 9.17) is 9.84 Å². The smallest absolute Gasteiger partial charge is 0.319 e. The van der Waals surface area contributed by atoms with Crippen molar-refractivity contribution >= 4 is 29.3 Å². The van der Waals surface area contributed by atoms with Crippen LogP contribution in [0.5, 0.6) is 0 Å². The molecule has 0 saturated heterocycles. The maximum absolute atomic E-state index is 10.9. The van der Waals surface area contributed by atoms with Gasteiger partial charge in [-0.2, -0.15) is 0 Å². The molecule has 0 aliphatic rings. The molecule has 18 heavy (non-hydrogen) atoms. The van der Waals surface area contributed by atoms with Gasteiger partial charge in [0.2, 0.25) is 5.91 Å². The summed E-state index contributed by atoms with van der Waals surface area (Å²) in [7, 11) is 1.47. The van der Waals surface area contributed by atoms with E-state index in [-0.39, 0.29) is 12.5 Å². The number of thioether (sulfide) groups is 1. The second kappa shape index (κ2) is 7.03. The number of methoxy groups -OCH3 is 1. The molecule has 0 bridgehead atoms. The van der Waals surface area contributed by atoms with Crippen LogP contribution in [0.1, 0.15) is 6.92 Å². The zero-order valence-electron chi connectivity index (χ0n) is 10.2. The third kappa shape index (κ3) is 4.77. The van der Waals surface area contributed by atoms with E-state index in [1.807, 2.05) is 0 Å². The molecule has 0 aliphatic heterocycles. The van der Waals surface area contributed by atoms with Crippen LogP contribution in [-0.2, 0) is 14.3 Å². The molecule has 0 heterocycles. The molecule has 98 valence electrons. The Morgan fingerprint density at radius 2 is 2.00 bits per heavy atom. The van der Waals surface area contributed by atoms with E-state index in [0.717, 1.165) is 4.90 Å². The van der Waals surface area contributed by atoms with Gasteiger partial charge < -0.3 is 15.2 Å². The number of amides is 1. The predicted octanol–water partition coefficient (Wildman–Crippen LogP) is 1.84. The summed E-state index contributed by atoms with van der Waals surface area (Å²) in [6.45, 7) is 1.58. The normalized spacial score (nSPS) is 11.9. The quantitative estimate of drug-likeness (QED) is 0.771. The molecule has 6 heteroatoms. The molecule has 0 saturated carbocycles. The Kier molecular flexibility index (Phi) is 5.67. The zero-order chi connectivity index (χ0) is 13.5. The van der Waals surface area contributed by atoms with Gasteiger partial charge in [-0.15, -0.1) is 11.8 Å². The fourth-order valence-corrected chi connectivity index (χ4v) is 2.22. The molecule has 0 aliphatic carbocycles. The lowest BCUT2D eigenvalue weighted by Gasteiger charge is -2.11. The summed E-state index contributed by atoms with van der Waals surface area (Å²) in [5.41, 5.74) is 0.686. The highest BCUT2D eigenvalue weighted by molar-refractivity contribution is 8.00. The Balaban J connectivity index is 2.67. The molecule has 0 spiro atoms. The van der Waals surface area contributed by atoms with Gasteiger partial charge in [0.15, 0.2) is 0 Å². The number of hydrogen-bond donors (Lipinski definition) is 2. The molecular weight excluding hydrogens is 254 g/mol. The van der Waals surface area contributed by atoms with Crippen molar-refractivity contribution in [2.75, 3.05) is 19.0 Å². The van der Waals surface area contributed by atoms with Crippen molar-refractivity contribution in [3.63, 3.8) is 0 Å². The van der Waals surface area contributed by atoms with E-state index in [2.05, 4.69) is 5.32 Å². The first kappa shape index (κ1) is 14.5. The van der Waals surface area contributed by atoms with Crippen LogP contribution in [0.2, 0.25) is 0 Å². The maximum atomic E-state index is 10.9. The van der Waals surface area contributed by atoms with E-state index in [1.54, 1.807) is 24.3 Å². The zero-order valence-corrected chi connectivity index (χ0v) is 11.0. The van der Waals surface area contributed by atoms with Crippen LogP contribution in [0.25, 0.3) is 0 Å². The summed E-state index contributed by atoms with van der Waals surface area (Å²) in [6, 6.07) is 6.99. The van der Waals surface area contributed by atoms with E-state index in [0.29, 0.717) is 5.69 Å². The SMILES string of the molecule is COCC(Sc1ccc(NC(C)=O)cc1)C(=O)O. The molecule has 2 N–H and O–H groups in total. The van der Waals surface area contributed by atoms with E-state index in [1.165, 1.54) is 25.8 Å². The molecule has 0 fully saturated rings. The standard InChI is InChI=1S/C12H15NO4S/c1-8(14)13-9-3-5-10(6-4-9)18-11(7-17-2)12(15)16/h3-6,11H,7H2,1-2H3,(H,13,14)(H,15,16). The van der Waals surface area contributed by atoms with Crippen LogP contribution in [0, 0.1) is 0 Å². The Morgan fingerprint density at radius 1 is 1.39 bits per heavy atom. The number of carbonyl (C=O) groups is 2. The molecule has 1 rings (SSSR count). The molecule has 1 atom stereocenters. The second-order valence-electron chi connectivity index (χ2n) is 3.61. The third-order valence-corrected chi connectivity index (χ3v) is 3.21. The van der Waals surface area contributed by atoms with Crippen molar-refractivity contribution in [2.45, 2.75) is 17.1 Å². The van der Waals surface area contributed by atoms with Crippen LogP contribution >= 0.6 is 11.8 Å². The van der Waals surface area contributed by atoms with Gasteiger partial charge in [-0.25, -0.2) is 0 Å². The summed E-state index contributed by atoms with van der Waals surface area (Å²) in [5.74, 6) is -1.05. The monoisotopic (exact) mass is 269 g/mol. The lowest BCUT2D eigenvalue weighted by atomic mass is 10.3. The molecule has 1 aromatic rings. The Morgan fingerprint density at radius 3 is 2.44 bits per heavy atom. The fourth-order valence-electron chi connectivity index (χ4n) is 1.29. The van der Waals surface area contributed by atoms with Crippen LogP contribution in [0.4, 0.5) is 5.69 Å². The summed E-state index contributed by atoms with van der Waals surface area (Å²) in [5, 5.41) is 11.0. The van der Waals surface area contributed by atoms with Crippen molar-refractivity contribution in [3.05, 3.63) is 24.3 Å². The number of nitrogens with one attached hydrogen (secondary N) is 1. The molecule has 0 radical (unpaired) electrons. The largest absolute Gasteiger partial charge is 0.480 e. The minimum atomic E-state index is -0.909. The minimum Gasteiger partial charge on any atom is -0.480 e. The van der Waals surface area contributed by atoms with Gasteiger partial charge in [0, 0.05) is 24.6 Å². The third-order valence-electron chi connectivity index (χ3n) is 2.05. The summed E-state index contributed by atoms with van der Waals surface area (Å²) >= 11 is 1.21. The highest BCUT2D eigenvalue weighted by Gasteiger charge is 2.18. The summed E-state index contributed by atoms with van der Waals surface area (Å²) < 4.78 is 4.86. The fraction of sp³-hybridized carbons (Fsp3) is 0.333. The van der Waals surface area contributed by atoms with Crippen LogP contribution in [0.3, 0.4) is 0 Å². The number of benzene rings is 1. The molecule has 1 aromatic carbocycles. The van der Waals surface area contributed by atoms with Crippen molar-refractivity contribution in [3.8, 4) is 0 Å². The molecule has 0 aromatic heterocycles. The van der Waals surface area contributed by atoms with Crippen LogP contribution in [-0.4, -0.2) is 35.9 Å². The van der Waals surface area contributed by atoms with Gasteiger partial charge in [0.05, 0.1) is 6.61 Å². The lowest BCUT2D eigenvalue weighted by Crippen LogP contribution is -2.21. The van der Waals surface area contributed by atoms with E-state index < -0.39 is 11.2 Å². The summed E-state index contributed by atoms with van der Waals surface area (Å²) in [6.07, 6.45) is 0. The van der Waals surface area contributed by atoms with Gasteiger partial charge >= 0.3 is 5.97 Å². The average molecular weight is 269 g/mol. The Bertz CT molecular complexity index is 419.